The van der Waals surface area contributed by atoms with Gasteiger partial charge in [0.05, 0.1) is 38.6 Å². The number of nitrogens with one attached hydrogen (secondary N) is 1. The molecule has 0 aromatic carbocycles. The van der Waals surface area contributed by atoms with Crippen LogP contribution >= 0.6 is 0 Å². The number of allylic oxidation sites excluding steroid dienone is 11. The summed E-state index contributed by atoms with van der Waals surface area (Å²) < 4.78 is 34.2. The van der Waals surface area contributed by atoms with E-state index in [0.717, 1.165) is 57.8 Å². The molecule has 0 aromatic rings. The SMILES string of the molecule is CC/C=C/CC/C=C/CC/C=C/C(O)C(COC1OC(CO)C(OC2OC(CO)C(OC3OC(CO)C(O)C(O)C3O)C(O)C2O)C(O)C1O)NC(=O)CCCCCCCCCCCCCCCCCCCCCCCCCC/C=C\C/C=C\C/C=C\CCCCCCC. The zero-order valence-corrected chi connectivity index (χ0v) is 57.9. The average Bonchev–Trinajstić information content (AvgIpc) is 0.787. The van der Waals surface area contributed by atoms with Crippen molar-refractivity contribution in [2.24, 2.45) is 0 Å². The van der Waals surface area contributed by atoms with Crippen molar-refractivity contribution in [1.82, 2.24) is 5.32 Å². The Morgan fingerprint density at radius 2 is 0.745 bits per heavy atom. The molecule has 1 amide bonds. The maximum absolute atomic E-state index is 13.4. The summed E-state index contributed by atoms with van der Waals surface area (Å²) in [7, 11) is 0. The van der Waals surface area contributed by atoms with Gasteiger partial charge in [-0.1, -0.05) is 254 Å². The van der Waals surface area contributed by atoms with E-state index in [2.05, 4.69) is 79.9 Å². The van der Waals surface area contributed by atoms with Crippen LogP contribution in [0.1, 0.15) is 264 Å². The van der Waals surface area contributed by atoms with Gasteiger partial charge in [0.15, 0.2) is 18.9 Å². The minimum atomic E-state index is -1.98. The third-order valence-electron chi connectivity index (χ3n) is 18.2. The smallest absolute Gasteiger partial charge is 0.220 e. The summed E-state index contributed by atoms with van der Waals surface area (Å²) in [6.07, 6.45) is 45.3. The molecule has 19 heteroatoms. The molecule has 0 spiro atoms. The first kappa shape index (κ1) is 85.5. The maximum Gasteiger partial charge on any atom is 0.220 e. The number of rotatable bonds is 57. The number of ether oxygens (including phenoxy) is 6. The summed E-state index contributed by atoms with van der Waals surface area (Å²) in [6, 6.07) is -0.996. The molecular formula is C75H133NO18. The van der Waals surface area contributed by atoms with Crippen LogP contribution in [0.2, 0.25) is 0 Å². The highest BCUT2D eigenvalue weighted by Crippen LogP contribution is 2.33. The van der Waals surface area contributed by atoms with Crippen LogP contribution in [0.4, 0.5) is 0 Å². The minimum absolute atomic E-state index is 0.232. The molecule has 12 N–H and O–H groups in total. The normalized spacial score (nSPS) is 27.8. The van der Waals surface area contributed by atoms with E-state index in [4.69, 9.17) is 28.4 Å². The van der Waals surface area contributed by atoms with Gasteiger partial charge in [-0.2, -0.15) is 0 Å². The minimum Gasteiger partial charge on any atom is -0.394 e. The second-order valence-corrected chi connectivity index (χ2v) is 26.4. The number of aliphatic hydroxyl groups is 11. The molecule has 94 heavy (non-hydrogen) atoms. The summed E-state index contributed by atoms with van der Waals surface area (Å²) in [4.78, 5) is 13.4. The lowest BCUT2D eigenvalue weighted by Gasteiger charge is -2.48. The van der Waals surface area contributed by atoms with Crippen molar-refractivity contribution in [3.63, 3.8) is 0 Å². The molecule has 3 rings (SSSR count). The predicted molar refractivity (Wildman–Crippen MR) is 369 cm³/mol. The van der Waals surface area contributed by atoms with Gasteiger partial charge in [-0.25, -0.2) is 0 Å². The number of hydrogen-bond acceptors (Lipinski definition) is 18. The summed E-state index contributed by atoms with van der Waals surface area (Å²) in [5.41, 5.74) is 0. The Hall–Kier alpha value is -2.77. The van der Waals surface area contributed by atoms with Crippen LogP contribution in [0.3, 0.4) is 0 Å². The molecule has 3 saturated heterocycles. The topological polar surface area (TPSA) is 307 Å². The van der Waals surface area contributed by atoms with Gasteiger partial charge < -0.3 is 89.9 Å². The Balaban J connectivity index is 1.27. The van der Waals surface area contributed by atoms with E-state index in [1.165, 1.54) is 173 Å². The van der Waals surface area contributed by atoms with Crippen LogP contribution in [0.25, 0.3) is 0 Å². The fraction of sp³-hybridized carbons (Fsp3) is 0.827. The molecule has 3 heterocycles. The highest BCUT2D eigenvalue weighted by atomic mass is 16.8. The monoisotopic (exact) mass is 1340 g/mol. The molecule has 0 bridgehead atoms. The number of unbranched alkanes of at least 4 members (excludes halogenated alkanes) is 31. The van der Waals surface area contributed by atoms with Crippen molar-refractivity contribution in [3.8, 4) is 0 Å². The highest BCUT2D eigenvalue weighted by molar-refractivity contribution is 5.76. The quantitative estimate of drug-likeness (QED) is 0.0199. The van der Waals surface area contributed by atoms with Crippen molar-refractivity contribution in [3.05, 3.63) is 72.9 Å². The zero-order chi connectivity index (χ0) is 68.2. The van der Waals surface area contributed by atoms with Crippen molar-refractivity contribution < 1.29 is 89.4 Å². The fourth-order valence-corrected chi connectivity index (χ4v) is 12.2. The Bertz CT molecular complexity index is 1980. The number of carbonyl (C=O) groups is 1. The molecule has 0 aromatic heterocycles. The Labute approximate surface area is 566 Å². The standard InChI is InChI=1S/C75H133NO18/c1-3-5-7-9-11-13-15-16-17-18-19-20-21-22-23-24-25-26-27-28-29-30-31-32-33-34-35-36-37-38-39-40-41-42-43-45-47-49-51-53-63(81)76-58(59(80)52-50-48-46-44-14-12-10-8-6-4-2)57-89-73-69(87)66(84)71(61(55-78)91-73)94-75-70(88)67(85)72(62(56-79)92-75)93-74-68(86)65(83)64(82)60(54-77)90-74/h6,8,14-16,18-19,21-22,44,50,52,58-62,64-75,77-80,82-88H,3-5,7,9-13,17,20,23-43,45-49,51,53-57H2,1-2H3,(H,76,81)/b8-6+,16-15-,19-18-,22-21-,44-14+,52-50+. The number of amides is 1. The van der Waals surface area contributed by atoms with Crippen molar-refractivity contribution >= 4 is 5.91 Å². The molecule has 3 aliphatic heterocycles. The maximum atomic E-state index is 13.4. The van der Waals surface area contributed by atoms with Gasteiger partial charge in [0.2, 0.25) is 5.91 Å². The second-order valence-electron chi connectivity index (χ2n) is 26.4. The summed E-state index contributed by atoms with van der Waals surface area (Å²) >= 11 is 0. The van der Waals surface area contributed by atoms with Crippen LogP contribution in [0, 0.1) is 0 Å². The van der Waals surface area contributed by atoms with E-state index < -0.39 is 124 Å². The first-order chi connectivity index (χ1) is 45.8. The molecule has 3 aliphatic rings. The molecule has 17 atom stereocenters. The van der Waals surface area contributed by atoms with E-state index in [9.17, 15) is 61.0 Å². The first-order valence-corrected chi connectivity index (χ1v) is 37.2. The number of carbonyl (C=O) groups excluding carboxylic acids is 1. The van der Waals surface area contributed by atoms with E-state index in [-0.39, 0.29) is 18.9 Å². The molecule has 0 aliphatic carbocycles. The average molecular weight is 1340 g/mol. The van der Waals surface area contributed by atoms with E-state index in [0.29, 0.717) is 12.8 Å². The van der Waals surface area contributed by atoms with E-state index in [1.807, 2.05) is 6.08 Å². The van der Waals surface area contributed by atoms with Gasteiger partial charge in [-0.15, -0.1) is 0 Å². The fourth-order valence-electron chi connectivity index (χ4n) is 12.2. The Morgan fingerprint density at radius 1 is 0.394 bits per heavy atom. The molecule has 0 radical (unpaired) electrons. The van der Waals surface area contributed by atoms with E-state index >= 15 is 0 Å². The molecule has 19 nitrogen and oxygen atoms in total. The van der Waals surface area contributed by atoms with Gasteiger partial charge in [-0.3, -0.25) is 4.79 Å². The lowest BCUT2D eigenvalue weighted by molar-refractivity contribution is -0.379. The van der Waals surface area contributed by atoms with Crippen LogP contribution in [-0.2, 0) is 33.2 Å². The molecule has 0 saturated carbocycles. The van der Waals surface area contributed by atoms with Crippen LogP contribution in [-0.4, -0.2) is 193 Å². The Morgan fingerprint density at radius 3 is 1.18 bits per heavy atom. The summed E-state index contributed by atoms with van der Waals surface area (Å²) in [5.74, 6) is -0.290. The van der Waals surface area contributed by atoms with E-state index in [1.54, 1.807) is 6.08 Å². The lowest BCUT2D eigenvalue weighted by Crippen LogP contribution is -2.66. The van der Waals surface area contributed by atoms with Crippen molar-refractivity contribution in [2.75, 3.05) is 26.4 Å². The Kier molecular flexibility index (Phi) is 50.9. The molecule has 546 valence electrons. The first-order valence-electron chi connectivity index (χ1n) is 37.2. The van der Waals surface area contributed by atoms with Crippen LogP contribution < -0.4 is 5.32 Å². The van der Waals surface area contributed by atoms with Gasteiger partial charge in [0.1, 0.15) is 73.2 Å². The number of aliphatic hydroxyl groups excluding tert-OH is 11. The van der Waals surface area contributed by atoms with Crippen molar-refractivity contribution in [1.29, 1.82) is 0 Å². The second kappa shape index (κ2) is 56.0. The largest absolute Gasteiger partial charge is 0.394 e. The van der Waals surface area contributed by atoms with Gasteiger partial charge in [0.25, 0.3) is 0 Å². The zero-order valence-electron chi connectivity index (χ0n) is 57.9. The van der Waals surface area contributed by atoms with Crippen LogP contribution in [0.15, 0.2) is 72.9 Å². The summed E-state index contributed by atoms with van der Waals surface area (Å²) in [6.45, 7) is 1.56. The number of hydrogen-bond donors (Lipinski definition) is 12. The third-order valence-corrected chi connectivity index (χ3v) is 18.2. The molecular weight excluding hydrogens is 1200 g/mol. The van der Waals surface area contributed by atoms with Crippen LogP contribution in [0.5, 0.6) is 0 Å². The van der Waals surface area contributed by atoms with Crippen molar-refractivity contribution in [2.45, 2.75) is 369 Å². The summed E-state index contributed by atoms with van der Waals surface area (Å²) in [5, 5.41) is 120. The third kappa shape index (κ3) is 36.9. The van der Waals surface area contributed by atoms with Gasteiger partial charge in [0, 0.05) is 6.42 Å². The predicted octanol–water partition coefficient (Wildman–Crippen LogP) is 10.9. The van der Waals surface area contributed by atoms with Gasteiger partial charge >= 0.3 is 0 Å². The molecule has 17 unspecified atom stereocenters. The highest BCUT2D eigenvalue weighted by Gasteiger charge is 2.53. The van der Waals surface area contributed by atoms with Gasteiger partial charge in [-0.05, 0) is 77.0 Å². The molecule has 3 fully saturated rings. The lowest BCUT2D eigenvalue weighted by atomic mass is 9.96.